The summed E-state index contributed by atoms with van der Waals surface area (Å²) in [5.41, 5.74) is 1.40. The molecule has 11 heteroatoms. The van der Waals surface area contributed by atoms with Gasteiger partial charge in [-0.15, -0.1) is 11.3 Å². The predicted octanol–water partition coefficient (Wildman–Crippen LogP) is 7.73. The van der Waals surface area contributed by atoms with Crippen LogP contribution in [0.15, 0.2) is 70.6 Å². The fourth-order valence-electron chi connectivity index (χ4n) is 3.70. The van der Waals surface area contributed by atoms with E-state index in [-0.39, 0.29) is 11.3 Å². The van der Waals surface area contributed by atoms with Crippen molar-refractivity contribution in [1.82, 2.24) is 5.16 Å². The molecule has 2 heterocycles. The quantitative estimate of drug-likeness (QED) is 0.217. The van der Waals surface area contributed by atoms with Crippen molar-refractivity contribution in [2.75, 3.05) is 16.0 Å². The van der Waals surface area contributed by atoms with E-state index in [4.69, 9.17) is 4.52 Å². The van der Waals surface area contributed by atoms with Crippen LogP contribution in [-0.2, 0) is 24.4 Å². The summed E-state index contributed by atoms with van der Waals surface area (Å²) < 4.78 is 44.2. The number of aromatic nitrogens is 1. The number of nitrogens with zero attached hydrogens (tertiary/aromatic N) is 1. The van der Waals surface area contributed by atoms with Crippen LogP contribution in [0.5, 0.6) is 0 Å². The van der Waals surface area contributed by atoms with Gasteiger partial charge in [0.2, 0.25) is 0 Å². The lowest BCUT2D eigenvalue weighted by atomic mass is 9.93. The van der Waals surface area contributed by atoms with Crippen molar-refractivity contribution in [3.63, 3.8) is 0 Å². The Balaban J connectivity index is 1.32. The minimum absolute atomic E-state index is 0.240. The maximum absolute atomic E-state index is 13.0. The number of hydrogen-bond acceptors (Lipinski definition) is 5. The van der Waals surface area contributed by atoms with Crippen LogP contribution < -0.4 is 16.0 Å². The van der Waals surface area contributed by atoms with Crippen LogP contribution in [-0.4, -0.2) is 17.1 Å². The number of rotatable bonds is 7. The molecule has 0 atom stereocenters. The second kappa shape index (κ2) is 11.3. The third kappa shape index (κ3) is 7.47. The number of alkyl halides is 3. The molecule has 3 amide bonds. The number of halogens is 3. The number of hydrogen-bond donors (Lipinski definition) is 3. The van der Waals surface area contributed by atoms with E-state index >= 15 is 0 Å². The van der Waals surface area contributed by atoms with E-state index < -0.39 is 17.8 Å². The molecule has 3 N–H and O–H groups in total. The van der Waals surface area contributed by atoms with Crippen molar-refractivity contribution in [1.29, 1.82) is 0 Å². The van der Waals surface area contributed by atoms with Gasteiger partial charge in [-0.2, -0.15) is 13.2 Å². The van der Waals surface area contributed by atoms with Gasteiger partial charge in [-0.3, -0.25) is 10.1 Å². The average molecular weight is 557 g/mol. The number of carbonyl (C=O) groups excluding carboxylic acids is 2. The molecule has 4 aromatic rings. The van der Waals surface area contributed by atoms with E-state index in [1.807, 2.05) is 20.8 Å². The second-order valence-corrected chi connectivity index (χ2v) is 10.8. The van der Waals surface area contributed by atoms with Crippen molar-refractivity contribution < 1.29 is 27.3 Å². The van der Waals surface area contributed by atoms with Gasteiger partial charge in [0.25, 0.3) is 5.91 Å². The molecule has 0 aliphatic heterocycles. The van der Waals surface area contributed by atoms with Crippen LogP contribution in [0.2, 0.25) is 0 Å². The number of carbonyl (C=O) groups is 2. The Labute approximate surface area is 227 Å². The van der Waals surface area contributed by atoms with Crippen LogP contribution in [0.4, 0.5) is 35.2 Å². The zero-order valence-electron chi connectivity index (χ0n) is 21.5. The molecule has 4 rings (SSSR count). The number of benzene rings is 2. The minimum atomic E-state index is -4.40. The summed E-state index contributed by atoms with van der Waals surface area (Å²) in [4.78, 5) is 25.7. The molecule has 0 aliphatic rings. The monoisotopic (exact) mass is 556 g/mol. The molecule has 0 radical (unpaired) electrons. The Hall–Kier alpha value is -4.12. The van der Waals surface area contributed by atoms with Crippen molar-refractivity contribution in [2.45, 2.75) is 45.2 Å². The lowest BCUT2D eigenvalue weighted by Gasteiger charge is -2.12. The second-order valence-electron chi connectivity index (χ2n) is 9.91. The molecule has 2 aromatic carbocycles. The molecule has 0 bridgehead atoms. The van der Waals surface area contributed by atoms with E-state index in [0.29, 0.717) is 46.2 Å². The number of thiophene rings is 1. The zero-order valence-corrected chi connectivity index (χ0v) is 22.3. The van der Waals surface area contributed by atoms with Crippen LogP contribution in [0.1, 0.15) is 52.9 Å². The van der Waals surface area contributed by atoms with E-state index in [9.17, 15) is 22.8 Å². The number of amides is 3. The van der Waals surface area contributed by atoms with Gasteiger partial charge in [-0.25, -0.2) is 4.79 Å². The fraction of sp³-hybridized carbons (Fsp3) is 0.250. The molecule has 0 unspecified atom stereocenters. The Morgan fingerprint density at radius 2 is 1.59 bits per heavy atom. The lowest BCUT2D eigenvalue weighted by molar-refractivity contribution is -0.137. The maximum atomic E-state index is 13.0. The highest BCUT2D eigenvalue weighted by Gasteiger charge is 2.30. The molecule has 7 nitrogen and oxygen atoms in total. The summed E-state index contributed by atoms with van der Waals surface area (Å²) in [6.07, 6.45) is -3.60. The molecule has 0 saturated heterocycles. The number of nitrogens with one attached hydrogen (secondary N) is 3. The highest BCUT2D eigenvalue weighted by molar-refractivity contribution is 7.12. The Kier molecular flexibility index (Phi) is 8.10. The number of aryl methyl sites for hydroxylation is 2. The van der Waals surface area contributed by atoms with Crippen molar-refractivity contribution >= 4 is 40.5 Å². The van der Waals surface area contributed by atoms with Crippen LogP contribution >= 0.6 is 11.3 Å². The highest BCUT2D eigenvalue weighted by Crippen LogP contribution is 2.30. The summed E-state index contributed by atoms with van der Waals surface area (Å²) in [6.45, 7) is 5.91. The number of urea groups is 1. The Morgan fingerprint density at radius 1 is 0.897 bits per heavy atom. The van der Waals surface area contributed by atoms with E-state index in [0.717, 1.165) is 17.7 Å². The molecule has 2 aromatic heterocycles. The van der Waals surface area contributed by atoms with Crippen LogP contribution in [0, 0.1) is 0 Å². The van der Waals surface area contributed by atoms with Gasteiger partial charge in [0.15, 0.2) is 5.82 Å². The molecule has 39 heavy (non-hydrogen) atoms. The third-order valence-corrected chi connectivity index (χ3v) is 6.74. The summed E-state index contributed by atoms with van der Waals surface area (Å²) in [6, 6.07) is 14.8. The highest BCUT2D eigenvalue weighted by atomic mass is 32.1. The van der Waals surface area contributed by atoms with Crippen LogP contribution in [0.3, 0.4) is 0 Å². The van der Waals surface area contributed by atoms with E-state index in [1.165, 1.54) is 17.4 Å². The summed E-state index contributed by atoms with van der Waals surface area (Å²) in [7, 11) is 0. The van der Waals surface area contributed by atoms with Gasteiger partial charge in [0.1, 0.15) is 5.76 Å². The maximum Gasteiger partial charge on any atom is 0.416 e. The smallest absolute Gasteiger partial charge is 0.359 e. The average Bonchev–Trinajstić information content (AvgIpc) is 3.53. The van der Waals surface area contributed by atoms with Gasteiger partial charge in [-0.05, 0) is 65.7 Å². The van der Waals surface area contributed by atoms with Crippen molar-refractivity contribution in [3.8, 4) is 0 Å². The Morgan fingerprint density at radius 3 is 2.23 bits per heavy atom. The predicted molar refractivity (Wildman–Crippen MR) is 145 cm³/mol. The normalized spacial score (nSPS) is 11.7. The largest absolute Gasteiger partial charge is 0.416 e. The molecule has 204 valence electrons. The molecule has 0 spiro atoms. The first-order valence-corrected chi connectivity index (χ1v) is 13.0. The van der Waals surface area contributed by atoms with Crippen molar-refractivity contribution in [2.24, 2.45) is 0 Å². The minimum Gasteiger partial charge on any atom is -0.359 e. The zero-order chi connectivity index (χ0) is 28.2. The molecule has 0 fully saturated rings. The summed E-state index contributed by atoms with van der Waals surface area (Å²) in [5, 5.41) is 13.7. The first-order chi connectivity index (χ1) is 18.4. The van der Waals surface area contributed by atoms with Gasteiger partial charge in [0.05, 0.1) is 10.4 Å². The van der Waals surface area contributed by atoms with Gasteiger partial charge >= 0.3 is 12.2 Å². The summed E-state index contributed by atoms with van der Waals surface area (Å²) >= 11 is 1.26. The topological polar surface area (TPSA) is 96.3 Å². The van der Waals surface area contributed by atoms with Crippen LogP contribution in [0.25, 0.3) is 0 Å². The molecule has 0 aliphatic carbocycles. The van der Waals surface area contributed by atoms with Gasteiger partial charge < -0.3 is 15.2 Å². The SMILES string of the molecule is CC(C)(C)c1cc(NC(=O)Nc2ccc(NC(=O)c3sccc3CCc3cccc(C(F)(F)F)c3)cc2)no1. The Bertz CT molecular complexity index is 1450. The van der Waals surface area contributed by atoms with Crippen molar-refractivity contribution in [3.05, 3.63) is 93.4 Å². The number of anilines is 3. The van der Waals surface area contributed by atoms with Gasteiger partial charge in [0, 0.05) is 22.9 Å². The molecular formula is C28H27F3N4O3S. The van der Waals surface area contributed by atoms with E-state index in [2.05, 4.69) is 21.1 Å². The molecule has 0 saturated carbocycles. The fourth-order valence-corrected chi connectivity index (χ4v) is 4.55. The molecular weight excluding hydrogens is 529 g/mol. The lowest BCUT2D eigenvalue weighted by Crippen LogP contribution is -2.19. The van der Waals surface area contributed by atoms with E-state index in [1.54, 1.807) is 47.8 Å². The summed E-state index contributed by atoms with van der Waals surface area (Å²) in [5.74, 6) is 0.617. The first-order valence-electron chi connectivity index (χ1n) is 12.1. The standard InChI is InChI=1S/C28H27F3N4O3S/c1-27(2,3)22-16-23(35-38-22)34-26(37)33-21-11-9-20(10-12-21)32-25(36)24-18(13-14-39-24)8-7-17-5-4-6-19(15-17)28(29,30)31/h4-6,9-16H,7-8H2,1-3H3,(H,32,36)(H2,33,34,35,37). The third-order valence-electron chi connectivity index (χ3n) is 5.78. The van der Waals surface area contributed by atoms with Gasteiger partial charge in [-0.1, -0.05) is 44.1 Å². The first kappa shape index (κ1) is 27.9.